The number of rotatable bonds is 11. The van der Waals surface area contributed by atoms with Gasteiger partial charge in [-0.05, 0) is 47.7 Å². The minimum atomic E-state index is -0.487. The van der Waals surface area contributed by atoms with Gasteiger partial charge in [-0.2, -0.15) is 9.97 Å². The van der Waals surface area contributed by atoms with Gasteiger partial charge in [-0.15, -0.1) is 0 Å². The number of halogens is 2. The van der Waals surface area contributed by atoms with Crippen LogP contribution in [0.4, 0.5) is 11.8 Å². The van der Waals surface area contributed by atoms with E-state index in [0.29, 0.717) is 47.1 Å². The number of hydrogen-bond donors (Lipinski definition) is 3. The summed E-state index contributed by atoms with van der Waals surface area (Å²) < 4.78 is 1.79. The molecule has 2 heterocycles. The first-order valence-electron chi connectivity index (χ1n) is 12.0. The normalized spacial score (nSPS) is 11.8. The van der Waals surface area contributed by atoms with Crippen LogP contribution in [0.1, 0.15) is 31.4 Å². The minimum Gasteiger partial charge on any atom is -0.358 e. The van der Waals surface area contributed by atoms with Crippen molar-refractivity contribution in [3.05, 3.63) is 94.5 Å². The first-order chi connectivity index (χ1) is 17.9. The van der Waals surface area contributed by atoms with E-state index in [1.165, 1.54) is 0 Å². The molecule has 0 saturated carbocycles. The van der Waals surface area contributed by atoms with E-state index in [9.17, 15) is 4.79 Å². The Morgan fingerprint density at radius 1 is 0.973 bits per heavy atom. The molecule has 192 valence electrons. The molecule has 8 nitrogen and oxygen atoms in total. The van der Waals surface area contributed by atoms with Crippen LogP contribution in [0.5, 0.6) is 0 Å². The average Bonchev–Trinajstić information content (AvgIpc) is 3.42. The Labute approximate surface area is 226 Å². The Kier molecular flexibility index (Phi) is 8.98. The number of amides is 1. The van der Waals surface area contributed by atoms with Crippen molar-refractivity contribution in [2.45, 2.75) is 39.4 Å². The van der Waals surface area contributed by atoms with Crippen LogP contribution in [0.3, 0.4) is 0 Å². The molecule has 0 aliphatic rings. The van der Waals surface area contributed by atoms with Gasteiger partial charge in [-0.25, -0.2) is 4.98 Å². The van der Waals surface area contributed by atoms with Gasteiger partial charge in [0.05, 0.1) is 0 Å². The van der Waals surface area contributed by atoms with Crippen LogP contribution in [0.25, 0.3) is 5.82 Å². The van der Waals surface area contributed by atoms with Crippen molar-refractivity contribution in [1.82, 2.24) is 24.8 Å². The van der Waals surface area contributed by atoms with E-state index in [4.69, 9.17) is 23.2 Å². The third kappa shape index (κ3) is 7.93. The van der Waals surface area contributed by atoms with Gasteiger partial charge in [0.15, 0.2) is 0 Å². The van der Waals surface area contributed by atoms with Crippen molar-refractivity contribution >= 4 is 40.9 Å². The second kappa shape index (κ2) is 12.6. The van der Waals surface area contributed by atoms with Gasteiger partial charge in [-0.1, -0.05) is 61.3 Å². The maximum atomic E-state index is 13.2. The Hall–Kier alpha value is -3.62. The number of nitrogens with one attached hydrogen (secondary N) is 3. The fourth-order valence-corrected chi connectivity index (χ4v) is 4.08. The molecule has 0 bridgehead atoms. The lowest BCUT2D eigenvalue weighted by Gasteiger charge is -2.21. The maximum Gasteiger partial charge on any atom is 0.242 e. The SMILES string of the molecule is CC(C)CC(Nc1cc(-n2ccnc2)nc(NCc2cccc(Cl)c2)n1)C(=O)NCc1ccc(Cl)cc1. The van der Waals surface area contributed by atoms with Gasteiger partial charge < -0.3 is 16.0 Å². The van der Waals surface area contributed by atoms with E-state index in [1.54, 1.807) is 29.4 Å². The van der Waals surface area contributed by atoms with Crippen LogP contribution < -0.4 is 16.0 Å². The molecule has 37 heavy (non-hydrogen) atoms. The van der Waals surface area contributed by atoms with Crippen molar-refractivity contribution in [3.8, 4) is 5.82 Å². The fourth-order valence-electron chi connectivity index (χ4n) is 3.74. The van der Waals surface area contributed by atoms with Gasteiger partial charge in [0.25, 0.3) is 0 Å². The number of nitrogens with zero attached hydrogens (tertiary/aromatic N) is 4. The molecule has 4 rings (SSSR count). The van der Waals surface area contributed by atoms with E-state index in [-0.39, 0.29) is 11.8 Å². The monoisotopic (exact) mass is 537 g/mol. The lowest BCUT2D eigenvalue weighted by molar-refractivity contribution is -0.122. The Balaban J connectivity index is 1.53. The van der Waals surface area contributed by atoms with Crippen LogP contribution in [0, 0.1) is 5.92 Å². The zero-order valence-corrected chi connectivity index (χ0v) is 22.2. The summed E-state index contributed by atoms with van der Waals surface area (Å²) in [4.78, 5) is 26.6. The summed E-state index contributed by atoms with van der Waals surface area (Å²) in [5, 5.41) is 10.9. The topological polar surface area (TPSA) is 96.8 Å². The first-order valence-corrected chi connectivity index (χ1v) is 12.8. The highest BCUT2D eigenvalue weighted by Gasteiger charge is 2.21. The molecular formula is C27H29Cl2N7O. The minimum absolute atomic E-state index is 0.111. The second-order valence-electron chi connectivity index (χ2n) is 9.06. The quantitative estimate of drug-likeness (QED) is 0.226. The Morgan fingerprint density at radius 3 is 2.49 bits per heavy atom. The smallest absolute Gasteiger partial charge is 0.242 e. The van der Waals surface area contributed by atoms with Gasteiger partial charge in [0, 0.05) is 41.6 Å². The predicted octanol–water partition coefficient (Wildman–Crippen LogP) is 5.72. The van der Waals surface area contributed by atoms with E-state index < -0.39 is 6.04 Å². The van der Waals surface area contributed by atoms with Gasteiger partial charge in [-0.3, -0.25) is 9.36 Å². The summed E-state index contributed by atoms with van der Waals surface area (Å²) in [6, 6.07) is 16.3. The van der Waals surface area contributed by atoms with Crippen LogP contribution in [0.15, 0.2) is 73.3 Å². The van der Waals surface area contributed by atoms with Crippen LogP contribution in [0.2, 0.25) is 10.0 Å². The predicted molar refractivity (Wildman–Crippen MR) is 148 cm³/mol. The number of anilines is 2. The van der Waals surface area contributed by atoms with E-state index in [1.807, 2.05) is 48.5 Å². The summed E-state index contributed by atoms with van der Waals surface area (Å²) in [6.07, 6.45) is 5.77. The van der Waals surface area contributed by atoms with Gasteiger partial charge in [0.2, 0.25) is 11.9 Å². The highest BCUT2D eigenvalue weighted by atomic mass is 35.5. The van der Waals surface area contributed by atoms with Gasteiger partial charge >= 0.3 is 0 Å². The average molecular weight is 538 g/mol. The Bertz CT molecular complexity index is 1310. The van der Waals surface area contributed by atoms with Gasteiger partial charge in [0.1, 0.15) is 24.0 Å². The van der Waals surface area contributed by atoms with Crippen molar-refractivity contribution in [1.29, 1.82) is 0 Å². The second-order valence-corrected chi connectivity index (χ2v) is 9.93. The molecule has 1 atom stereocenters. The molecule has 0 fully saturated rings. The van der Waals surface area contributed by atoms with E-state index >= 15 is 0 Å². The van der Waals surface area contributed by atoms with Crippen molar-refractivity contribution in [3.63, 3.8) is 0 Å². The third-order valence-corrected chi connectivity index (χ3v) is 6.03. The number of carbonyl (C=O) groups is 1. The number of hydrogen-bond acceptors (Lipinski definition) is 6. The largest absolute Gasteiger partial charge is 0.358 e. The molecule has 2 aromatic carbocycles. The van der Waals surface area contributed by atoms with Crippen LogP contribution >= 0.6 is 23.2 Å². The number of carbonyl (C=O) groups excluding carboxylic acids is 1. The highest BCUT2D eigenvalue weighted by Crippen LogP contribution is 2.19. The lowest BCUT2D eigenvalue weighted by Crippen LogP contribution is -2.40. The van der Waals surface area contributed by atoms with E-state index in [0.717, 1.165) is 11.1 Å². The summed E-state index contributed by atoms with van der Waals surface area (Å²) in [5.74, 6) is 1.74. The molecule has 0 aliphatic heterocycles. The molecule has 2 aromatic heterocycles. The van der Waals surface area contributed by atoms with Crippen molar-refractivity contribution < 1.29 is 4.79 Å². The van der Waals surface area contributed by atoms with Crippen molar-refractivity contribution in [2.75, 3.05) is 10.6 Å². The highest BCUT2D eigenvalue weighted by molar-refractivity contribution is 6.30. The first kappa shape index (κ1) is 26.4. The zero-order valence-electron chi connectivity index (χ0n) is 20.7. The summed E-state index contributed by atoms with van der Waals surface area (Å²) in [6.45, 7) is 5.05. The summed E-state index contributed by atoms with van der Waals surface area (Å²) in [7, 11) is 0. The molecule has 0 radical (unpaired) electrons. The molecule has 0 saturated heterocycles. The summed E-state index contributed by atoms with van der Waals surface area (Å²) >= 11 is 12.1. The summed E-state index contributed by atoms with van der Waals surface area (Å²) in [5.41, 5.74) is 1.97. The third-order valence-electron chi connectivity index (χ3n) is 5.55. The molecule has 3 N–H and O–H groups in total. The molecule has 10 heteroatoms. The molecule has 4 aromatic rings. The van der Waals surface area contributed by atoms with Crippen LogP contribution in [-0.2, 0) is 17.9 Å². The van der Waals surface area contributed by atoms with Crippen LogP contribution in [-0.4, -0.2) is 31.5 Å². The van der Waals surface area contributed by atoms with Crippen molar-refractivity contribution in [2.24, 2.45) is 5.92 Å². The maximum absolute atomic E-state index is 13.2. The zero-order chi connectivity index (χ0) is 26.2. The standard InChI is InChI=1S/C27H29Cl2N7O/c1-18(2)12-23(26(37)31-15-19-6-8-21(28)9-7-19)33-24-14-25(36-11-10-30-17-36)35-27(34-24)32-16-20-4-3-5-22(29)13-20/h3-11,13-14,17-18,23H,12,15-16H2,1-2H3,(H,31,37)(H2,32,33,34,35). The fraction of sp³-hybridized carbons (Fsp3) is 0.259. The molecule has 0 aliphatic carbocycles. The Morgan fingerprint density at radius 2 is 1.78 bits per heavy atom. The number of benzene rings is 2. The lowest BCUT2D eigenvalue weighted by atomic mass is 10.0. The molecule has 1 amide bonds. The number of imidazole rings is 1. The number of aromatic nitrogens is 4. The van der Waals surface area contributed by atoms with E-state index in [2.05, 4.69) is 44.7 Å². The molecule has 1 unspecified atom stereocenters. The molecule has 0 spiro atoms. The molecular weight excluding hydrogens is 509 g/mol.